The normalized spacial score (nSPS) is 11.7. The third-order valence-corrected chi connectivity index (χ3v) is 2.58. The number of aromatic nitrogens is 3. The molecule has 0 fully saturated rings. The van der Waals surface area contributed by atoms with Crippen LogP contribution in [-0.2, 0) is 12.8 Å². The molecular weight excluding hydrogens is 228 g/mol. The first-order valence-corrected chi connectivity index (χ1v) is 6.02. The van der Waals surface area contributed by atoms with Crippen molar-refractivity contribution in [2.45, 2.75) is 38.6 Å². The van der Waals surface area contributed by atoms with E-state index in [9.17, 15) is 0 Å². The Bertz CT molecular complexity index is 487. The predicted octanol–water partition coefficient (Wildman–Crippen LogP) is 1.73. The molecule has 0 aliphatic carbocycles. The van der Waals surface area contributed by atoms with Crippen LogP contribution in [0, 0.1) is 0 Å². The topological polar surface area (TPSA) is 77.8 Å². The zero-order valence-corrected chi connectivity index (χ0v) is 10.8. The molecule has 0 atom stereocenters. The van der Waals surface area contributed by atoms with Gasteiger partial charge in [0.2, 0.25) is 5.89 Å². The molecule has 5 nitrogen and oxygen atoms in total. The molecule has 2 aromatic heterocycles. The van der Waals surface area contributed by atoms with Crippen LogP contribution in [0.1, 0.15) is 37.5 Å². The Morgan fingerprint density at radius 3 is 2.89 bits per heavy atom. The van der Waals surface area contributed by atoms with Crippen molar-refractivity contribution in [2.75, 3.05) is 0 Å². The molecule has 0 unspecified atom stereocenters. The minimum Gasteiger partial charge on any atom is -0.339 e. The summed E-state index contributed by atoms with van der Waals surface area (Å²) >= 11 is 0. The molecule has 0 radical (unpaired) electrons. The van der Waals surface area contributed by atoms with Gasteiger partial charge in [-0.05, 0) is 31.9 Å². The second-order valence-electron chi connectivity index (χ2n) is 5.13. The summed E-state index contributed by atoms with van der Waals surface area (Å²) in [6.45, 7) is 3.97. The Morgan fingerprint density at radius 1 is 1.39 bits per heavy atom. The van der Waals surface area contributed by atoms with Crippen LogP contribution >= 0.6 is 0 Å². The van der Waals surface area contributed by atoms with Crippen LogP contribution < -0.4 is 5.73 Å². The molecular formula is C13H18N4O. The molecule has 0 aromatic carbocycles. The average molecular weight is 246 g/mol. The fourth-order valence-electron chi connectivity index (χ4n) is 1.58. The zero-order chi connectivity index (χ0) is 13.0. The fraction of sp³-hybridized carbons (Fsp3) is 0.462. The van der Waals surface area contributed by atoms with Gasteiger partial charge in [0.25, 0.3) is 0 Å². The van der Waals surface area contributed by atoms with Gasteiger partial charge in [0.15, 0.2) is 5.82 Å². The summed E-state index contributed by atoms with van der Waals surface area (Å²) < 4.78 is 5.20. The highest BCUT2D eigenvalue weighted by molar-refractivity contribution is 5.13. The molecule has 96 valence electrons. The van der Waals surface area contributed by atoms with Gasteiger partial charge in [0, 0.05) is 30.8 Å². The van der Waals surface area contributed by atoms with Gasteiger partial charge in [-0.1, -0.05) is 11.2 Å². The van der Waals surface area contributed by atoms with Crippen molar-refractivity contribution in [3.05, 3.63) is 41.8 Å². The van der Waals surface area contributed by atoms with E-state index in [0.717, 1.165) is 12.0 Å². The monoisotopic (exact) mass is 246 g/mol. The van der Waals surface area contributed by atoms with E-state index in [-0.39, 0.29) is 5.54 Å². The molecule has 2 aromatic rings. The number of nitrogens with two attached hydrogens (primary N) is 1. The first-order valence-electron chi connectivity index (χ1n) is 6.02. The summed E-state index contributed by atoms with van der Waals surface area (Å²) in [4.78, 5) is 8.40. The fourth-order valence-corrected chi connectivity index (χ4v) is 1.58. The first-order chi connectivity index (χ1) is 8.53. The molecule has 2 rings (SSSR count). The van der Waals surface area contributed by atoms with E-state index in [1.807, 2.05) is 26.0 Å². The van der Waals surface area contributed by atoms with Crippen molar-refractivity contribution in [3.8, 4) is 0 Å². The minimum atomic E-state index is -0.210. The van der Waals surface area contributed by atoms with Crippen LogP contribution in [0.4, 0.5) is 0 Å². The summed E-state index contributed by atoms with van der Waals surface area (Å²) in [5.41, 5.74) is 6.78. The largest absolute Gasteiger partial charge is 0.339 e. The van der Waals surface area contributed by atoms with E-state index in [1.165, 1.54) is 0 Å². The minimum absolute atomic E-state index is 0.210. The van der Waals surface area contributed by atoms with Gasteiger partial charge in [-0.25, -0.2) is 0 Å². The van der Waals surface area contributed by atoms with E-state index in [1.54, 1.807) is 12.4 Å². The van der Waals surface area contributed by atoms with Gasteiger partial charge in [0.1, 0.15) is 0 Å². The maximum absolute atomic E-state index is 5.92. The number of hydrogen-bond donors (Lipinski definition) is 1. The quantitative estimate of drug-likeness (QED) is 0.869. The molecule has 0 saturated heterocycles. The van der Waals surface area contributed by atoms with E-state index in [0.29, 0.717) is 24.6 Å². The Morgan fingerprint density at radius 2 is 2.22 bits per heavy atom. The van der Waals surface area contributed by atoms with Gasteiger partial charge in [-0.15, -0.1) is 0 Å². The molecule has 0 aliphatic heterocycles. The lowest BCUT2D eigenvalue weighted by Gasteiger charge is -2.16. The van der Waals surface area contributed by atoms with E-state index >= 15 is 0 Å². The number of rotatable bonds is 5. The molecule has 0 amide bonds. The second kappa shape index (κ2) is 5.27. The van der Waals surface area contributed by atoms with Crippen molar-refractivity contribution >= 4 is 0 Å². The lowest BCUT2D eigenvalue weighted by atomic mass is 10.0. The average Bonchev–Trinajstić information content (AvgIpc) is 2.75. The van der Waals surface area contributed by atoms with Gasteiger partial charge in [0.05, 0.1) is 0 Å². The van der Waals surface area contributed by atoms with Crippen molar-refractivity contribution in [2.24, 2.45) is 5.73 Å². The summed E-state index contributed by atoms with van der Waals surface area (Å²) in [5, 5.41) is 3.96. The number of pyridine rings is 1. The smallest absolute Gasteiger partial charge is 0.226 e. The zero-order valence-electron chi connectivity index (χ0n) is 10.8. The molecule has 0 aliphatic rings. The summed E-state index contributed by atoms with van der Waals surface area (Å²) in [5.74, 6) is 1.33. The predicted molar refractivity (Wildman–Crippen MR) is 67.9 cm³/mol. The Hall–Kier alpha value is -1.75. The summed E-state index contributed by atoms with van der Waals surface area (Å²) in [6, 6.07) is 3.89. The standard InChI is InChI=1S/C13H18N4O/c1-13(2,14)6-5-12-16-11(17-18-12)8-10-4-3-7-15-9-10/h3-4,7,9H,5-6,8,14H2,1-2H3. The summed E-state index contributed by atoms with van der Waals surface area (Å²) in [7, 11) is 0. The van der Waals surface area contributed by atoms with Gasteiger partial charge in [-0.2, -0.15) is 4.98 Å². The Balaban J connectivity index is 1.94. The highest BCUT2D eigenvalue weighted by Crippen LogP contribution is 2.11. The Kier molecular flexibility index (Phi) is 3.72. The first kappa shape index (κ1) is 12.7. The van der Waals surface area contributed by atoms with Crippen LogP contribution in [0.3, 0.4) is 0 Å². The van der Waals surface area contributed by atoms with Gasteiger partial charge in [-0.3, -0.25) is 4.98 Å². The van der Waals surface area contributed by atoms with E-state index in [2.05, 4.69) is 15.1 Å². The van der Waals surface area contributed by atoms with Gasteiger partial charge < -0.3 is 10.3 Å². The van der Waals surface area contributed by atoms with E-state index < -0.39 is 0 Å². The highest BCUT2D eigenvalue weighted by atomic mass is 16.5. The molecule has 0 saturated carbocycles. The number of nitrogens with zero attached hydrogens (tertiary/aromatic N) is 3. The Labute approximate surface area is 106 Å². The lowest BCUT2D eigenvalue weighted by molar-refractivity contribution is 0.355. The van der Waals surface area contributed by atoms with Crippen molar-refractivity contribution in [3.63, 3.8) is 0 Å². The second-order valence-corrected chi connectivity index (χ2v) is 5.13. The van der Waals surface area contributed by atoms with Crippen molar-refractivity contribution in [1.29, 1.82) is 0 Å². The highest BCUT2D eigenvalue weighted by Gasteiger charge is 2.14. The molecule has 2 heterocycles. The van der Waals surface area contributed by atoms with Crippen LogP contribution in [0.15, 0.2) is 29.0 Å². The van der Waals surface area contributed by atoms with Crippen molar-refractivity contribution in [1.82, 2.24) is 15.1 Å². The third-order valence-electron chi connectivity index (χ3n) is 2.58. The molecule has 0 spiro atoms. The number of hydrogen-bond acceptors (Lipinski definition) is 5. The molecule has 18 heavy (non-hydrogen) atoms. The van der Waals surface area contributed by atoms with E-state index in [4.69, 9.17) is 10.3 Å². The van der Waals surface area contributed by atoms with Crippen LogP contribution in [0.2, 0.25) is 0 Å². The number of aryl methyl sites for hydroxylation is 1. The van der Waals surface area contributed by atoms with Crippen LogP contribution in [0.25, 0.3) is 0 Å². The van der Waals surface area contributed by atoms with Crippen LogP contribution in [0.5, 0.6) is 0 Å². The third kappa shape index (κ3) is 3.92. The lowest BCUT2D eigenvalue weighted by Crippen LogP contribution is -2.32. The van der Waals surface area contributed by atoms with Crippen LogP contribution in [-0.4, -0.2) is 20.7 Å². The maximum Gasteiger partial charge on any atom is 0.226 e. The maximum atomic E-state index is 5.92. The molecule has 2 N–H and O–H groups in total. The molecule has 5 heteroatoms. The molecule has 0 bridgehead atoms. The SMILES string of the molecule is CC(C)(N)CCc1nc(Cc2cccnc2)no1. The summed E-state index contributed by atoms with van der Waals surface area (Å²) in [6.07, 6.45) is 5.72. The van der Waals surface area contributed by atoms with Crippen molar-refractivity contribution < 1.29 is 4.52 Å². The van der Waals surface area contributed by atoms with Gasteiger partial charge >= 0.3 is 0 Å².